The molecule has 2 aliphatic heterocycles. The fourth-order valence-corrected chi connectivity index (χ4v) is 6.02. The number of ether oxygens (including phenoxy) is 6. The van der Waals surface area contributed by atoms with Crippen LogP contribution in [0.2, 0.25) is 0 Å². The molecule has 2 rings (SSSR count). The van der Waals surface area contributed by atoms with Crippen LogP contribution in [0.15, 0.2) is 59.8 Å². The van der Waals surface area contributed by atoms with Crippen molar-refractivity contribution >= 4 is 23.9 Å². The predicted octanol–water partition coefficient (Wildman–Crippen LogP) is 6.40. The van der Waals surface area contributed by atoms with Gasteiger partial charge in [0.2, 0.25) is 0 Å². The molecule has 0 aliphatic carbocycles. The number of aliphatic hydroxyl groups excluding tert-OH is 1. The summed E-state index contributed by atoms with van der Waals surface area (Å²) in [5, 5.41) is 10.5. The average Bonchev–Trinajstić information content (AvgIpc) is 3.11. The monoisotopic (exact) mass is 702 g/mol. The summed E-state index contributed by atoms with van der Waals surface area (Å²) in [7, 11) is 3.90. The molecule has 0 amide bonds. The summed E-state index contributed by atoms with van der Waals surface area (Å²) in [5.41, 5.74) is 0.605. The number of esters is 4. The maximum Gasteiger partial charge on any atom is 0.330 e. The fourth-order valence-electron chi connectivity index (χ4n) is 6.02. The van der Waals surface area contributed by atoms with Crippen LogP contribution >= 0.6 is 0 Å². The van der Waals surface area contributed by atoms with Crippen LogP contribution in [-0.4, -0.2) is 80.0 Å². The molecule has 2 heterocycles. The molecule has 1 spiro atoms. The van der Waals surface area contributed by atoms with E-state index in [1.165, 1.54) is 33.5 Å². The summed E-state index contributed by atoms with van der Waals surface area (Å²) in [4.78, 5) is 48.1. The summed E-state index contributed by atoms with van der Waals surface area (Å²) in [6, 6.07) is 0. The molecular formula is C39H58O11. The van der Waals surface area contributed by atoms with Gasteiger partial charge in [0.05, 0.1) is 46.4 Å². The molecule has 0 aromatic carbocycles. The minimum Gasteiger partial charge on any atom is -0.469 e. The molecular weight excluding hydrogens is 644 g/mol. The maximum absolute atomic E-state index is 13.1. The van der Waals surface area contributed by atoms with E-state index < -0.39 is 47.5 Å². The van der Waals surface area contributed by atoms with Crippen LogP contribution < -0.4 is 0 Å². The SMILES string of the molecule is CCCCC1(OC(=O)CCC(=O)OC)CCC2(CCC(C)C(C/C=C(C)/C=C/C(O)C(C)/C=C/C(=O)OC)O2)OC1/C=C/C(C)=C/C(=O)OC. The molecule has 11 nitrogen and oxygen atoms in total. The molecule has 2 aliphatic rings. The van der Waals surface area contributed by atoms with Crippen LogP contribution in [0, 0.1) is 11.8 Å². The molecule has 7 unspecified atom stereocenters. The van der Waals surface area contributed by atoms with Gasteiger partial charge in [-0.1, -0.05) is 69.2 Å². The Hall–Kier alpha value is -3.54. The van der Waals surface area contributed by atoms with Gasteiger partial charge in [-0.25, -0.2) is 9.59 Å². The van der Waals surface area contributed by atoms with Crippen molar-refractivity contribution in [2.75, 3.05) is 21.3 Å². The van der Waals surface area contributed by atoms with E-state index in [1.54, 1.807) is 25.2 Å². The van der Waals surface area contributed by atoms with Gasteiger partial charge >= 0.3 is 23.9 Å². The van der Waals surface area contributed by atoms with Gasteiger partial charge in [-0.15, -0.1) is 0 Å². The maximum atomic E-state index is 13.1. The molecule has 2 saturated heterocycles. The number of methoxy groups -OCH3 is 3. The molecule has 280 valence electrons. The number of unbranched alkanes of at least 4 members (excludes halogenated alkanes) is 1. The van der Waals surface area contributed by atoms with Crippen molar-refractivity contribution in [1.29, 1.82) is 0 Å². The zero-order chi connectivity index (χ0) is 37.3. The van der Waals surface area contributed by atoms with Crippen molar-refractivity contribution < 1.29 is 52.7 Å². The van der Waals surface area contributed by atoms with Gasteiger partial charge in [-0.3, -0.25) is 9.59 Å². The van der Waals surface area contributed by atoms with E-state index in [0.29, 0.717) is 37.7 Å². The molecule has 1 N–H and O–H groups in total. The Bertz CT molecular complexity index is 1290. The van der Waals surface area contributed by atoms with E-state index >= 15 is 0 Å². The van der Waals surface area contributed by atoms with Gasteiger partial charge in [0.25, 0.3) is 0 Å². The van der Waals surface area contributed by atoms with Crippen LogP contribution in [0.25, 0.3) is 0 Å². The molecule has 7 atom stereocenters. The standard InChI is InChI=1S/C39H58O11/c1-9-10-22-38(50-36(43)20-19-35(42)46-7)24-25-39(49-33(38)17-13-28(3)26-37(44)47-8)23-21-30(5)32(48-39)16-12-27(2)11-15-31(40)29(4)14-18-34(41)45-6/h11-15,17-18,26,29-33,40H,9-10,16,19-25H2,1-8H3/b15-11+,17-13+,18-14+,27-12+,28-26+. The van der Waals surface area contributed by atoms with E-state index in [1.807, 2.05) is 26.0 Å². The number of rotatable bonds is 17. The summed E-state index contributed by atoms with van der Waals surface area (Å²) in [6.07, 6.45) is 17.1. The molecule has 0 aromatic heterocycles. The van der Waals surface area contributed by atoms with Crippen LogP contribution in [0.3, 0.4) is 0 Å². The second-order valence-electron chi connectivity index (χ2n) is 13.4. The Labute approximate surface area is 297 Å². The van der Waals surface area contributed by atoms with E-state index in [2.05, 4.69) is 24.7 Å². The smallest absolute Gasteiger partial charge is 0.330 e. The minimum absolute atomic E-state index is 0.0826. The number of hydrogen-bond donors (Lipinski definition) is 1. The topological polar surface area (TPSA) is 144 Å². The quantitative estimate of drug-likeness (QED) is 0.0779. The van der Waals surface area contributed by atoms with Crippen LogP contribution in [-0.2, 0) is 47.6 Å². The lowest BCUT2D eigenvalue weighted by Gasteiger charge is -2.53. The molecule has 0 saturated carbocycles. The first kappa shape index (κ1) is 42.6. The molecule has 0 radical (unpaired) electrons. The van der Waals surface area contributed by atoms with E-state index in [4.69, 9.17) is 23.7 Å². The summed E-state index contributed by atoms with van der Waals surface area (Å²) >= 11 is 0. The third-order valence-corrected chi connectivity index (χ3v) is 9.39. The first-order valence-electron chi connectivity index (χ1n) is 17.6. The average molecular weight is 703 g/mol. The normalized spacial score (nSPS) is 27.4. The van der Waals surface area contributed by atoms with Crippen molar-refractivity contribution in [3.8, 4) is 0 Å². The molecule has 50 heavy (non-hydrogen) atoms. The van der Waals surface area contributed by atoms with Crippen LogP contribution in [0.5, 0.6) is 0 Å². The number of allylic oxidation sites excluding steroid dienone is 4. The second-order valence-corrected chi connectivity index (χ2v) is 13.4. The Morgan fingerprint density at radius 2 is 1.58 bits per heavy atom. The van der Waals surface area contributed by atoms with Crippen molar-refractivity contribution in [1.82, 2.24) is 0 Å². The summed E-state index contributed by atoms with van der Waals surface area (Å²) < 4.78 is 34.0. The van der Waals surface area contributed by atoms with Crippen molar-refractivity contribution in [3.05, 3.63) is 59.8 Å². The minimum atomic E-state index is -0.996. The largest absolute Gasteiger partial charge is 0.469 e. The summed E-state index contributed by atoms with van der Waals surface area (Å²) in [6.45, 7) is 9.77. The van der Waals surface area contributed by atoms with E-state index in [9.17, 15) is 24.3 Å². The highest BCUT2D eigenvalue weighted by molar-refractivity contribution is 5.83. The lowest BCUT2D eigenvalue weighted by atomic mass is 9.78. The summed E-state index contributed by atoms with van der Waals surface area (Å²) in [5.74, 6) is -2.87. The number of carbonyl (C=O) groups excluding carboxylic acids is 4. The van der Waals surface area contributed by atoms with Gasteiger partial charge in [-0.2, -0.15) is 0 Å². The Balaban J connectivity index is 2.31. The van der Waals surface area contributed by atoms with Crippen molar-refractivity contribution in [3.63, 3.8) is 0 Å². The molecule has 0 aromatic rings. The highest BCUT2D eigenvalue weighted by Crippen LogP contribution is 2.48. The van der Waals surface area contributed by atoms with Crippen molar-refractivity contribution in [2.24, 2.45) is 11.8 Å². The fraction of sp³-hybridized carbons (Fsp3) is 0.641. The molecule has 0 bridgehead atoms. The first-order chi connectivity index (χ1) is 23.7. The Morgan fingerprint density at radius 3 is 2.24 bits per heavy atom. The molecule has 11 heteroatoms. The number of carbonyl (C=O) groups is 4. The van der Waals surface area contributed by atoms with E-state index in [0.717, 1.165) is 24.8 Å². The molecule has 2 fully saturated rings. The van der Waals surface area contributed by atoms with Gasteiger partial charge in [0.1, 0.15) is 11.7 Å². The van der Waals surface area contributed by atoms with Gasteiger partial charge < -0.3 is 33.5 Å². The zero-order valence-electron chi connectivity index (χ0n) is 31.1. The van der Waals surface area contributed by atoms with Gasteiger partial charge in [0, 0.05) is 30.9 Å². The lowest BCUT2D eigenvalue weighted by Crippen LogP contribution is -2.59. The van der Waals surface area contributed by atoms with Crippen LogP contribution in [0.1, 0.15) is 98.8 Å². The third kappa shape index (κ3) is 13.6. The van der Waals surface area contributed by atoms with Crippen LogP contribution in [0.4, 0.5) is 0 Å². The highest BCUT2D eigenvalue weighted by atomic mass is 16.7. The second kappa shape index (κ2) is 21.0. The Morgan fingerprint density at radius 1 is 0.880 bits per heavy atom. The Kier molecular flexibility index (Phi) is 17.9. The number of aliphatic hydroxyl groups is 1. The van der Waals surface area contributed by atoms with E-state index in [-0.39, 0.29) is 30.8 Å². The predicted molar refractivity (Wildman–Crippen MR) is 188 cm³/mol. The van der Waals surface area contributed by atoms with Gasteiger partial charge in [0.15, 0.2) is 5.79 Å². The highest BCUT2D eigenvalue weighted by Gasteiger charge is 2.54. The number of hydrogen-bond acceptors (Lipinski definition) is 11. The zero-order valence-corrected chi connectivity index (χ0v) is 31.1. The van der Waals surface area contributed by atoms with Gasteiger partial charge in [-0.05, 0) is 57.4 Å². The van der Waals surface area contributed by atoms with Crippen molar-refractivity contribution in [2.45, 2.75) is 129 Å². The lowest BCUT2D eigenvalue weighted by molar-refractivity contribution is -0.344. The third-order valence-electron chi connectivity index (χ3n) is 9.39. The first-order valence-corrected chi connectivity index (χ1v) is 17.6.